The lowest BCUT2D eigenvalue weighted by molar-refractivity contribution is 0.590. The molecule has 0 saturated carbocycles. The maximum Gasteiger partial charge on any atom is 0.0320 e. The molecule has 2 aromatic carbocycles. The van der Waals surface area contributed by atoms with Crippen molar-refractivity contribution in [2.24, 2.45) is 0 Å². The topological polar surface area (TPSA) is 26.0 Å². The molecular formula is C17H21N. The Kier molecular flexibility index (Phi) is 3.16. The minimum absolute atomic E-state index is 0.198. The Morgan fingerprint density at radius 3 is 2.06 bits per heavy atom. The minimum atomic E-state index is 0.198. The summed E-state index contributed by atoms with van der Waals surface area (Å²) in [5.74, 6) is 0. The average molecular weight is 239 g/mol. The third-order valence-corrected chi connectivity index (χ3v) is 3.32. The van der Waals surface area contributed by atoms with Crippen molar-refractivity contribution in [1.82, 2.24) is 0 Å². The fourth-order valence-electron chi connectivity index (χ4n) is 2.10. The van der Waals surface area contributed by atoms with Crippen LogP contribution in [0.25, 0.3) is 11.1 Å². The van der Waals surface area contributed by atoms with E-state index in [1.54, 1.807) is 0 Å². The second kappa shape index (κ2) is 4.49. The highest BCUT2D eigenvalue weighted by Crippen LogP contribution is 2.28. The number of anilines is 1. The SMILES string of the molecule is Cc1ccc(N)cc1-c1ccc(C(C)(C)C)cc1. The van der Waals surface area contributed by atoms with Gasteiger partial charge in [0, 0.05) is 5.69 Å². The predicted octanol–water partition coefficient (Wildman–Crippen LogP) is 4.54. The Morgan fingerprint density at radius 1 is 0.889 bits per heavy atom. The summed E-state index contributed by atoms with van der Waals surface area (Å²) in [4.78, 5) is 0. The van der Waals surface area contributed by atoms with Crippen LogP contribution in [0, 0.1) is 6.92 Å². The monoisotopic (exact) mass is 239 g/mol. The van der Waals surface area contributed by atoms with Gasteiger partial charge in [0.2, 0.25) is 0 Å². The number of rotatable bonds is 1. The number of nitrogen functional groups attached to an aromatic ring is 1. The first kappa shape index (κ1) is 12.7. The van der Waals surface area contributed by atoms with Crippen molar-refractivity contribution in [3.05, 3.63) is 53.6 Å². The van der Waals surface area contributed by atoms with E-state index in [1.807, 2.05) is 12.1 Å². The molecule has 0 bridgehead atoms. The standard InChI is InChI=1S/C17H21N/c1-12-5-10-15(18)11-16(12)13-6-8-14(9-7-13)17(2,3)4/h5-11H,18H2,1-4H3. The number of hydrogen-bond donors (Lipinski definition) is 1. The van der Waals surface area contributed by atoms with Gasteiger partial charge in [0.1, 0.15) is 0 Å². The molecule has 0 unspecified atom stereocenters. The Hall–Kier alpha value is -1.76. The minimum Gasteiger partial charge on any atom is -0.399 e. The normalized spacial score (nSPS) is 11.6. The molecule has 0 aliphatic carbocycles. The summed E-state index contributed by atoms with van der Waals surface area (Å²) < 4.78 is 0. The lowest BCUT2D eigenvalue weighted by Gasteiger charge is -2.19. The van der Waals surface area contributed by atoms with Crippen LogP contribution in [-0.2, 0) is 5.41 Å². The van der Waals surface area contributed by atoms with E-state index >= 15 is 0 Å². The fraction of sp³-hybridized carbons (Fsp3) is 0.294. The largest absolute Gasteiger partial charge is 0.399 e. The summed E-state index contributed by atoms with van der Waals surface area (Å²) in [5, 5.41) is 0. The Bertz CT molecular complexity index is 545. The summed E-state index contributed by atoms with van der Waals surface area (Å²) in [7, 11) is 0. The quantitative estimate of drug-likeness (QED) is 0.726. The van der Waals surface area contributed by atoms with Crippen LogP contribution in [0.1, 0.15) is 31.9 Å². The first-order chi connectivity index (χ1) is 8.38. The predicted molar refractivity (Wildman–Crippen MR) is 79.7 cm³/mol. The van der Waals surface area contributed by atoms with Gasteiger partial charge < -0.3 is 5.73 Å². The van der Waals surface area contributed by atoms with Crippen LogP contribution >= 0.6 is 0 Å². The van der Waals surface area contributed by atoms with Crippen LogP contribution in [0.2, 0.25) is 0 Å². The summed E-state index contributed by atoms with van der Waals surface area (Å²) in [6.45, 7) is 8.81. The van der Waals surface area contributed by atoms with E-state index < -0.39 is 0 Å². The summed E-state index contributed by atoms with van der Waals surface area (Å²) in [6, 6.07) is 14.8. The molecule has 94 valence electrons. The molecule has 2 rings (SSSR count). The van der Waals surface area contributed by atoms with Crippen LogP contribution in [0.15, 0.2) is 42.5 Å². The van der Waals surface area contributed by atoms with Crippen molar-refractivity contribution in [1.29, 1.82) is 0 Å². The Labute approximate surface area is 110 Å². The molecule has 1 heteroatoms. The zero-order chi connectivity index (χ0) is 13.3. The molecule has 0 aliphatic heterocycles. The Morgan fingerprint density at radius 2 is 1.50 bits per heavy atom. The van der Waals surface area contributed by atoms with E-state index in [2.05, 4.69) is 58.0 Å². The van der Waals surface area contributed by atoms with E-state index in [4.69, 9.17) is 5.73 Å². The van der Waals surface area contributed by atoms with Gasteiger partial charge in [-0.25, -0.2) is 0 Å². The lowest BCUT2D eigenvalue weighted by Crippen LogP contribution is -2.10. The highest BCUT2D eigenvalue weighted by molar-refractivity contribution is 5.71. The van der Waals surface area contributed by atoms with Gasteiger partial charge in [0.05, 0.1) is 0 Å². The molecule has 0 amide bonds. The molecule has 0 aliphatic rings. The van der Waals surface area contributed by atoms with Gasteiger partial charge in [-0.05, 0) is 46.7 Å². The number of benzene rings is 2. The van der Waals surface area contributed by atoms with E-state index in [-0.39, 0.29) is 5.41 Å². The van der Waals surface area contributed by atoms with Gasteiger partial charge in [-0.2, -0.15) is 0 Å². The molecule has 0 saturated heterocycles. The molecule has 2 aromatic rings. The highest BCUT2D eigenvalue weighted by atomic mass is 14.5. The lowest BCUT2D eigenvalue weighted by atomic mass is 9.86. The van der Waals surface area contributed by atoms with Crippen LogP contribution in [0.5, 0.6) is 0 Å². The van der Waals surface area contributed by atoms with E-state index in [9.17, 15) is 0 Å². The number of nitrogens with two attached hydrogens (primary N) is 1. The average Bonchev–Trinajstić information content (AvgIpc) is 2.31. The van der Waals surface area contributed by atoms with Crippen molar-refractivity contribution in [2.45, 2.75) is 33.1 Å². The van der Waals surface area contributed by atoms with E-state index in [1.165, 1.54) is 22.3 Å². The summed E-state index contributed by atoms with van der Waals surface area (Å²) >= 11 is 0. The van der Waals surface area contributed by atoms with Gasteiger partial charge in [0.15, 0.2) is 0 Å². The number of aryl methyl sites for hydroxylation is 1. The van der Waals surface area contributed by atoms with Crippen molar-refractivity contribution < 1.29 is 0 Å². The van der Waals surface area contributed by atoms with E-state index in [0.29, 0.717) is 0 Å². The molecular weight excluding hydrogens is 218 g/mol. The molecule has 0 heterocycles. The van der Waals surface area contributed by atoms with Crippen molar-refractivity contribution in [3.8, 4) is 11.1 Å². The molecule has 0 aromatic heterocycles. The van der Waals surface area contributed by atoms with Crippen molar-refractivity contribution in [3.63, 3.8) is 0 Å². The van der Waals surface area contributed by atoms with Gasteiger partial charge in [-0.1, -0.05) is 51.1 Å². The molecule has 18 heavy (non-hydrogen) atoms. The van der Waals surface area contributed by atoms with Gasteiger partial charge in [-0.15, -0.1) is 0 Å². The summed E-state index contributed by atoms with van der Waals surface area (Å²) in [6.07, 6.45) is 0. The number of hydrogen-bond acceptors (Lipinski definition) is 1. The molecule has 1 nitrogen and oxygen atoms in total. The zero-order valence-electron chi connectivity index (χ0n) is 11.6. The molecule has 2 N–H and O–H groups in total. The van der Waals surface area contributed by atoms with Gasteiger partial charge in [0.25, 0.3) is 0 Å². The smallest absolute Gasteiger partial charge is 0.0320 e. The van der Waals surface area contributed by atoms with Gasteiger partial charge in [-0.3, -0.25) is 0 Å². The first-order valence-corrected chi connectivity index (χ1v) is 6.35. The van der Waals surface area contributed by atoms with E-state index in [0.717, 1.165) is 5.69 Å². The molecule has 0 radical (unpaired) electrons. The first-order valence-electron chi connectivity index (χ1n) is 6.35. The van der Waals surface area contributed by atoms with Crippen LogP contribution in [0.3, 0.4) is 0 Å². The Balaban J connectivity index is 2.43. The van der Waals surface area contributed by atoms with Crippen molar-refractivity contribution in [2.75, 3.05) is 5.73 Å². The van der Waals surface area contributed by atoms with Gasteiger partial charge >= 0.3 is 0 Å². The van der Waals surface area contributed by atoms with Crippen LogP contribution in [0.4, 0.5) is 5.69 Å². The molecule has 0 fully saturated rings. The third-order valence-electron chi connectivity index (χ3n) is 3.32. The third kappa shape index (κ3) is 2.56. The van der Waals surface area contributed by atoms with Crippen LogP contribution < -0.4 is 5.73 Å². The summed E-state index contributed by atoms with van der Waals surface area (Å²) in [5.41, 5.74) is 11.9. The fourth-order valence-corrected chi connectivity index (χ4v) is 2.10. The maximum atomic E-state index is 5.86. The van der Waals surface area contributed by atoms with Crippen molar-refractivity contribution >= 4 is 5.69 Å². The van der Waals surface area contributed by atoms with Crippen LogP contribution in [-0.4, -0.2) is 0 Å². The highest BCUT2D eigenvalue weighted by Gasteiger charge is 2.13. The maximum absolute atomic E-state index is 5.86. The molecule has 0 spiro atoms. The zero-order valence-corrected chi connectivity index (χ0v) is 11.6. The second-order valence-electron chi connectivity index (χ2n) is 5.90. The molecule has 0 atom stereocenters. The second-order valence-corrected chi connectivity index (χ2v) is 5.90.